The van der Waals surface area contributed by atoms with E-state index in [1.165, 1.54) is 45.1 Å². The average molecular weight is 768 g/mol. The Morgan fingerprint density at radius 1 is 0.527 bits per heavy atom. The predicted octanol–water partition coefficient (Wildman–Crippen LogP) is 9.03. The first-order valence-electron chi connectivity index (χ1n) is 22.4. The van der Waals surface area contributed by atoms with E-state index in [-0.39, 0.29) is 33.2 Å². The first-order valence-corrected chi connectivity index (χ1v) is 22.4. The summed E-state index contributed by atoms with van der Waals surface area (Å²) in [5.74, 6) is 2.68. The Labute approximate surface area is 340 Å². The Morgan fingerprint density at radius 3 is 1.40 bits per heavy atom. The van der Waals surface area contributed by atoms with Crippen molar-refractivity contribution in [3.8, 4) is 0 Å². The number of piperidine rings is 3. The van der Waals surface area contributed by atoms with E-state index in [0.29, 0.717) is 18.1 Å². The van der Waals surface area contributed by atoms with Gasteiger partial charge in [0, 0.05) is 57.9 Å². The summed E-state index contributed by atoms with van der Waals surface area (Å²) in [6, 6.07) is 1.53. The molecule has 0 saturated carbocycles. The number of likely N-dealkylation sites (tertiary alicyclic amines) is 3. The van der Waals surface area contributed by atoms with Gasteiger partial charge in [0.05, 0.1) is 6.54 Å². The molecule has 9 nitrogen and oxygen atoms in total. The lowest BCUT2D eigenvalue weighted by Gasteiger charge is -2.55. The minimum Gasteiger partial charge on any atom is -0.338 e. The van der Waals surface area contributed by atoms with E-state index in [2.05, 4.69) is 155 Å². The summed E-state index contributed by atoms with van der Waals surface area (Å²) in [5.41, 5.74) is 0.903. The van der Waals surface area contributed by atoms with Crippen molar-refractivity contribution in [2.75, 3.05) is 52.7 Å². The van der Waals surface area contributed by atoms with Crippen LogP contribution in [0.1, 0.15) is 179 Å². The van der Waals surface area contributed by atoms with Gasteiger partial charge in [0.1, 0.15) is 11.6 Å². The molecule has 0 bridgehead atoms. The van der Waals surface area contributed by atoms with E-state index in [9.17, 15) is 0 Å². The molecule has 0 aromatic carbocycles. The van der Waals surface area contributed by atoms with Gasteiger partial charge < -0.3 is 9.80 Å². The molecule has 1 aromatic heterocycles. The van der Waals surface area contributed by atoms with Crippen molar-refractivity contribution >= 4 is 5.95 Å². The molecule has 0 amide bonds. The molecule has 4 rings (SSSR count). The molecule has 0 N–H and O–H groups in total. The van der Waals surface area contributed by atoms with Crippen molar-refractivity contribution in [2.45, 2.75) is 232 Å². The fourth-order valence-corrected chi connectivity index (χ4v) is 11.0. The highest BCUT2D eigenvalue weighted by atomic mass is 15.3. The molecule has 0 unspecified atom stereocenters. The second-order valence-corrected chi connectivity index (χ2v) is 22.2. The Morgan fingerprint density at radius 2 is 0.945 bits per heavy atom. The van der Waals surface area contributed by atoms with Gasteiger partial charge in [0.2, 0.25) is 5.95 Å². The van der Waals surface area contributed by atoms with Crippen LogP contribution in [0.2, 0.25) is 0 Å². The van der Waals surface area contributed by atoms with E-state index in [4.69, 9.17) is 15.0 Å². The van der Waals surface area contributed by atoms with E-state index >= 15 is 0 Å². The zero-order valence-electron chi connectivity index (χ0n) is 39.6. The van der Waals surface area contributed by atoms with E-state index < -0.39 is 0 Å². The van der Waals surface area contributed by atoms with Gasteiger partial charge in [-0.05, 0) is 189 Å². The number of unbranched alkanes of at least 4 members (excludes halogenated alkanes) is 4. The largest absolute Gasteiger partial charge is 0.338 e. The summed E-state index contributed by atoms with van der Waals surface area (Å²) >= 11 is 0. The second-order valence-electron chi connectivity index (χ2n) is 22.2. The van der Waals surface area contributed by atoms with Crippen LogP contribution in [0.5, 0.6) is 0 Å². The van der Waals surface area contributed by atoms with Crippen LogP contribution >= 0.6 is 0 Å². The van der Waals surface area contributed by atoms with Gasteiger partial charge in [-0.2, -0.15) is 9.97 Å². The van der Waals surface area contributed by atoms with Crippen LogP contribution in [0, 0.1) is 6.92 Å². The third kappa shape index (κ3) is 11.2. The highest BCUT2D eigenvalue weighted by Gasteiger charge is 2.47. The van der Waals surface area contributed by atoms with Gasteiger partial charge in [-0.3, -0.25) is 19.6 Å². The van der Waals surface area contributed by atoms with Crippen molar-refractivity contribution in [2.24, 2.45) is 0 Å². The molecule has 3 aliphatic heterocycles. The minimum atomic E-state index is 0.0997. The first kappa shape index (κ1) is 46.3. The van der Waals surface area contributed by atoms with Crippen LogP contribution in [0.3, 0.4) is 0 Å². The normalized spacial score (nSPS) is 24.9. The summed E-state index contributed by atoms with van der Waals surface area (Å²) < 4.78 is 0. The van der Waals surface area contributed by atoms with Crippen molar-refractivity contribution in [3.63, 3.8) is 0 Å². The van der Waals surface area contributed by atoms with Gasteiger partial charge in [0.25, 0.3) is 0 Å². The first-order chi connectivity index (χ1) is 25.2. The lowest BCUT2D eigenvalue weighted by atomic mass is 9.77. The zero-order valence-corrected chi connectivity index (χ0v) is 39.6. The molecule has 9 heteroatoms. The van der Waals surface area contributed by atoms with Gasteiger partial charge in [-0.15, -0.1) is 0 Å². The van der Waals surface area contributed by atoms with Crippen LogP contribution < -0.4 is 4.90 Å². The third-order valence-corrected chi connectivity index (χ3v) is 15.3. The quantitative estimate of drug-likeness (QED) is 0.154. The molecule has 0 aliphatic carbocycles. The summed E-state index contributed by atoms with van der Waals surface area (Å²) in [6.45, 7) is 37.5. The fourth-order valence-electron chi connectivity index (χ4n) is 11.0. The van der Waals surface area contributed by atoms with Crippen molar-refractivity contribution in [3.05, 3.63) is 11.6 Å². The van der Waals surface area contributed by atoms with Crippen LogP contribution in [0.4, 0.5) is 5.95 Å². The molecule has 3 aliphatic rings. The van der Waals surface area contributed by atoms with Gasteiger partial charge in [0.15, 0.2) is 0 Å². The highest BCUT2D eigenvalue weighted by Crippen LogP contribution is 2.42. The number of nitrogens with zero attached hydrogens (tertiary/aromatic N) is 9. The summed E-state index contributed by atoms with van der Waals surface area (Å²) in [5, 5.41) is 0. The minimum absolute atomic E-state index is 0.0997. The molecule has 4 heterocycles. The van der Waals surface area contributed by atoms with Crippen LogP contribution in [-0.2, 0) is 6.54 Å². The Balaban J connectivity index is 1.49. The number of hydrogen-bond acceptors (Lipinski definition) is 9. The van der Waals surface area contributed by atoms with E-state index in [1.807, 2.05) is 0 Å². The fraction of sp³-hybridized carbons (Fsp3) is 0.935. The number of aromatic nitrogens is 3. The summed E-state index contributed by atoms with van der Waals surface area (Å²) in [7, 11) is 9.31. The molecular formula is C46H89N9. The maximum atomic E-state index is 5.37. The number of rotatable bonds is 16. The zero-order chi connectivity index (χ0) is 41.4. The SMILES string of the molecule is CCCCN(c1nc(C)nc(CN(CCCCCCN(C)C2CC(C)(C)N(C)C(C)(C)C2)C2CC(C)(C)N(C)C(C)(C)C2)n1)C1CC(C)(C)N(C)C(C)(C)C1. The van der Waals surface area contributed by atoms with Crippen LogP contribution in [-0.4, -0.2) is 139 Å². The van der Waals surface area contributed by atoms with Gasteiger partial charge in [-0.1, -0.05) is 26.2 Å². The summed E-state index contributed by atoms with van der Waals surface area (Å²) in [4.78, 5) is 31.3. The Kier molecular flexibility index (Phi) is 14.7. The smallest absolute Gasteiger partial charge is 0.229 e. The maximum absolute atomic E-state index is 5.37. The molecule has 0 radical (unpaired) electrons. The monoisotopic (exact) mass is 768 g/mol. The highest BCUT2D eigenvalue weighted by molar-refractivity contribution is 5.33. The topological polar surface area (TPSA) is 58.1 Å². The molecule has 55 heavy (non-hydrogen) atoms. The third-order valence-electron chi connectivity index (χ3n) is 15.3. The second kappa shape index (κ2) is 17.5. The number of aryl methyl sites for hydroxylation is 1. The van der Waals surface area contributed by atoms with Gasteiger partial charge in [-0.25, -0.2) is 4.98 Å². The van der Waals surface area contributed by atoms with Crippen LogP contribution in [0.15, 0.2) is 0 Å². The molecule has 0 atom stereocenters. The van der Waals surface area contributed by atoms with Crippen molar-refractivity contribution in [1.82, 2.24) is 39.5 Å². The van der Waals surface area contributed by atoms with Crippen LogP contribution in [0.25, 0.3) is 0 Å². The molecular weight excluding hydrogens is 679 g/mol. The molecule has 1 aromatic rings. The number of anilines is 1. The van der Waals surface area contributed by atoms with Crippen molar-refractivity contribution < 1.29 is 0 Å². The molecule has 3 saturated heterocycles. The standard InChI is InChI=1S/C46H89N9/c1-19-20-27-55(38-32-45(11,12)53(18)46(13,14)33-38)40-48-35(2)47-39(49-40)34-54(37-30-43(7,8)52(17)44(9,10)31-37)26-24-22-21-23-25-50(15)36-28-41(3,4)51(16)42(5,6)29-36/h36-38H,19-34H2,1-18H3. The summed E-state index contributed by atoms with van der Waals surface area (Å²) in [6.07, 6.45) is 14.3. The number of hydrogen-bond donors (Lipinski definition) is 0. The average Bonchev–Trinajstić information content (AvgIpc) is 3.05. The van der Waals surface area contributed by atoms with Crippen molar-refractivity contribution in [1.29, 1.82) is 0 Å². The maximum Gasteiger partial charge on any atom is 0.229 e. The van der Waals surface area contributed by atoms with E-state index in [1.54, 1.807) is 0 Å². The lowest BCUT2D eigenvalue weighted by Crippen LogP contribution is -2.63. The molecule has 3 fully saturated rings. The van der Waals surface area contributed by atoms with E-state index in [0.717, 1.165) is 75.8 Å². The molecule has 318 valence electrons. The van der Waals surface area contributed by atoms with Gasteiger partial charge >= 0.3 is 0 Å². The molecule has 0 spiro atoms. The predicted molar refractivity (Wildman–Crippen MR) is 235 cm³/mol. The Hall–Kier alpha value is -1.39. The Bertz CT molecular complexity index is 1330. The lowest BCUT2D eigenvalue weighted by molar-refractivity contribution is -0.0503.